The van der Waals surface area contributed by atoms with E-state index in [0.717, 1.165) is 25.3 Å². The molecule has 0 aliphatic carbocycles. The van der Waals surface area contributed by atoms with E-state index in [2.05, 4.69) is 17.0 Å². The van der Waals surface area contributed by atoms with Crippen LogP contribution in [-0.4, -0.2) is 36.8 Å². The minimum Gasteiger partial charge on any atom is -0.497 e. The first-order valence-electron chi connectivity index (χ1n) is 8.06. The van der Waals surface area contributed by atoms with E-state index in [1.54, 1.807) is 13.2 Å². The third kappa shape index (κ3) is 3.89. The molecule has 0 radical (unpaired) electrons. The summed E-state index contributed by atoms with van der Waals surface area (Å²) in [5.41, 5.74) is 1.86. The molecule has 2 unspecified atom stereocenters. The Labute approximate surface area is 146 Å². The average Bonchev–Trinajstić information content (AvgIpc) is 3.03. The Balaban J connectivity index is 1.61. The Morgan fingerprint density at radius 2 is 2.04 bits per heavy atom. The van der Waals surface area contributed by atoms with Gasteiger partial charge in [-0.15, -0.1) is 0 Å². The number of benzene rings is 2. The van der Waals surface area contributed by atoms with E-state index in [1.165, 1.54) is 17.7 Å². The number of ether oxygens (including phenoxy) is 1. The van der Waals surface area contributed by atoms with Crippen LogP contribution >= 0.6 is 11.6 Å². The van der Waals surface area contributed by atoms with Gasteiger partial charge in [0.05, 0.1) is 13.2 Å². The van der Waals surface area contributed by atoms with Crippen LogP contribution in [0.3, 0.4) is 0 Å². The van der Waals surface area contributed by atoms with Crippen LogP contribution < -0.4 is 4.74 Å². The van der Waals surface area contributed by atoms with Crippen LogP contribution in [0.5, 0.6) is 5.75 Å². The smallest absolute Gasteiger partial charge is 0.124 e. The molecule has 3 nitrogen and oxygen atoms in total. The van der Waals surface area contributed by atoms with Gasteiger partial charge in [0.25, 0.3) is 0 Å². The van der Waals surface area contributed by atoms with E-state index in [-0.39, 0.29) is 5.02 Å². The van der Waals surface area contributed by atoms with Crippen molar-refractivity contribution < 1.29 is 14.2 Å². The average molecular weight is 350 g/mol. The molecule has 1 N–H and O–H groups in total. The highest BCUT2D eigenvalue weighted by atomic mass is 35.5. The number of rotatable bonds is 5. The minimum atomic E-state index is -0.715. The van der Waals surface area contributed by atoms with Crippen molar-refractivity contribution in [3.05, 3.63) is 64.4 Å². The van der Waals surface area contributed by atoms with Crippen molar-refractivity contribution in [3.63, 3.8) is 0 Å². The van der Waals surface area contributed by atoms with Crippen molar-refractivity contribution in [2.75, 3.05) is 26.7 Å². The van der Waals surface area contributed by atoms with Gasteiger partial charge in [0.15, 0.2) is 0 Å². The van der Waals surface area contributed by atoms with Gasteiger partial charge in [-0.3, -0.25) is 4.90 Å². The molecule has 1 aliphatic heterocycles. The summed E-state index contributed by atoms with van der Waals surface area (Å²) in [4.78, 5) is 2.22. The first-order valence-corrected chi connectivity index (χ1v) is 8.44. The molecule has 1 saturated heterocycles. The zero-order valence-corrected chi connectivity index (χ0v) is 14.3. The first kappa shape index (κ1) is 17.2. The quantitative estimate of drug-likeness (QED) is 0.885. The Bertz CT molecular complexity index is 692. The summed E-state index contributed by atoms with van der Waals surface area (Å²) in [5.74, 6) is 0.915. The molecular weight excluding hydrogens is 329 g/mol. The van der Waals surface area contributed by atoms with Crippen molar-refractivity contribution in [2.24, 2.45) is 0 Å². The lowest BCUT2D eigenvalue weighted by molar-refractivity contribution is 0.125. The third-order valence-electron chi connectivity index (χ3n) is 4.61. The van der Waals surface area contributed by atoms with Crippen molar-refractivity contribution in [1.82, 2.24) is 4.90 Å². The summed E-state index contributed by atoms with van der Waals surface area (Å²) in [6.45, 7) is 2.31. The molecule has 2 atom stereocenters. The fraction of sp³-hybridized carbons (Fsp3) is 0.368. The molecule has 0 spiro atoms. The van der Waals surface area contributed by atoms with Crippen LogP contribution in [-0.2, 0) is 0 Å². The summed E-state index contributed by atoms with van der Waals surface area (Å²) in [6.07, 6.45) is 0.337. The Morgan fingerprint density at radius 1 is 1.29 bits per heavy atom. The van der Waals surface area contributed by atoms with Crippen molar-refractivity contribution >= 4 is 11.6 Å². The summed E-state index contributed by atoms with van der Waals surface area (Å²) in [6, 6.07) is 12.3. The fourth-order valence-electron chi connectivity index (χ4n) is 3.26. The molecule has 1 heterocycles. The van der Waals surface area contributed by atoms with Gasteiger partial charge >= 0.3 is 0 Å². The van der Waals surface area contributed by atoms with Crippen LogP contribution in [0.25, 0.3) is 0 Å². The summed E-state index contributed by atoms with van der Waals surface area (Å²) >= 11 is 6.03. The highest BCUT2D eigenvalue weighted by Crippen LogP contribution is 2.31. The van der Waals surface area contributed by atoms with Crippen molar-refractivity contribution in [2.45, 2.75) is 18.4 Å². The monoisotopic (exact) mass is 349 g/mol. The van der Waals surface area contributed by atoms with Crippen LogP contribution in [0.2, 0.25) is 5.02 Å². The van der Waals surface area contributed by atoms with E-state index in [1.807, 2.05) is 12.1 Å². The molecule has 0 bridgehead atoms. The molecule has 0 saturated carbocycles. The first-order chi connectivity index (χ1) is 11.6. The SMILES string of the molecule is COc1ccc(C2CCN(CC(O)c3ccc(F)cc3Cl)C2)cc1. The lowest BCUT2D eigenvalue weighted by Crippen LogP contribution is -2.26. The summed E-state index contributed by atoms with van der Waals surface area (Å²) in [7, 11) is 1.66. The Morgan fingerprint density at radius 3 is 2.71 bits per heavy atom. The summed E-state index contributed by atoms with van der Waals surface area (Å²) in [5, 5.41) is 10.7. The molecule has 1 aliphatic rings. The van der Waals surface area contributed by atoms with Crippen LogP contribution in [0.4, 0.5) is 4.39 Å². The second-order valence-electron chi connectivity index (χ2n) is 6.20. The number of hydrogen-bond donors (Lipinski definition) is 1. The van der Waals surface area contributed by atoms with Gasteiger partial charge in [-0.25, -0.2) is 4.39 Å². The standard InChI is InChI=1S/C19H21ClFNO2/c1-24-16-5-2-13(3-6-16)14-8-9-22(11-14)12-19(23)17-7-4-15(21)10-18(17)20/h2-7,10,14,19,23H,8-9,11-12H2,1H3. The largest absolute Gasteiger partial charge is 0.497 e. The zero-order valence-electron chi connectivity index (χ0n) is 13.6. The molecule has 1 fully saturated rings. The zero-order chi connectivity index (χ0) is 17.1. The highest BCUT2D eigenvalue weighted by Gasteiger charge is 2.26. The van der Waals surface area contributed by atoms with Gasteiger partial charge in [-0.1, -0.05) is 29.8 Å². The maximum Gasteiger partial charge on any atom is 0.124 e. The lowest BCUT2D eigenvalue weighted by Gasteiger charge is -2.21. The Hall–Kier alpha value is -1.62. The number of hydrogen-bond acceptors (Lipinski definition) is 3. The molecule has 0 amide bonds. The molecular formula is C19H21ClFNO2. The second kappa shape index (κ2) is 7.51. The van der Waals surface area contributed by atoms with E-state index >= 15 is 0 Å². The van der Waals surface area contributed by atoms with Gasteiger partial charge in [-0.2, -0.15) is 0 Å². The predicted octanol–water partition coefficient (Wildman–Crippen LogP) is 4.01. The number of halogens is 2. The molecule has 128 valence electrons. The van der Waals surface area contributed by atoms with Gasteiger partial charge < -0.3 is 9.84 Å². The van der Waals surface area contributed by atoms with Gasteiger partial charge in [-0.05, 0) is 48.7 Å². The van der Waals surface area contributed by atoms with E-state index < -0.39 is 11.9 Å². The van der Waals surface area contributed by atoms with Gasteiger partial charge in [0.1, 0.15) is 11.6 Å². The number of likely N-dealkylation sites (tertiary alicyclic amines) is 1. The maximum absolute atomic E-state index is 13.1. The second-order valence-corrected chi connectivity index (χ2v) is 6.61. The molecule has 3 rings (SSSR count). The predicted molar refractivity (Wildman–Crippen MR) is 93.2 cm³/mol. The maximum atomic E-state index is 13.1. The number of methoxy groups -OCH3 is 1. The van der Waals surface area contributed by atoms with Crippen LogP contribution in [0.15, 0.2) is 42.5 Å². The topological polar surface area (TPSA) is 32.7 Å². The summed E-state index contributed by atoms with van der Waals surface area (Å²) < 4.78 is 18.3. The third-order valence-corrected chi connectivity index (χ3v) is 4.94. The number of aliphatic hydroxyl groups excluding tert-OH is 1. The van der Waals surface area contributed by atoms with E-state index in [9.17, 15) is 9.50 Å². The van der Waals surface area contributed by atoms with Crippen LogP contribution in [0.1, 0.15) is 29.6 Å². The molecule has 5 heteroatoms. The Kier molecular flexibility index (Phi) is 5.39. The molecule has 0 aromatic heterocycles. The molecule has 2 aromatic rings. The van der Waals surface area contributed by atoms with Crippen molar-refractivity contribution in [3.8, 4) is 5.75 Å². The fourth-order valence-corrected chi connectivity index (χ4v) is 3.55. The van der Waals surface area contributed by atoms with Gasteiger partial charge in [0, 0.05) is 23.7 Å². The van der Waals surface area contributed by atoms with Crippen molar-refractivity contribution in [1.29, 1.82) is 0 Å². The molecule has 2 aromatic carbocycles. The van der Waals surface area contributed by atoms with Crippen LogP contribution in [0, 0.1) is 5.82 Å². The number of nitrogens with zero attached hydrogens (tertiary/aromatic N) is 1. The minimum absolute atomic E-state index is 0.272. The van der Waals surface area contributed by atoms with E-state index in [4.69, 9.17) is 16.3 Å². The normalized spacial score (nSPS) is 19.4. The highest BCUT2D eigenvalue weighted by molar-refractivity contribution is 6.31. The lowest BCUT2D eigenvalue weighted by atomic mass is 9.98. The van der Waals surface area contributed by atoms with E-state index in [0.29, 0.717) is 18.0 Å². The van der Waals surface area contributed by atoms with Gasteiger partial charge in [0.2, 0.25) is 0 Å². The molecule has 24 heavy (non-hydrogen) atoms. The number of β-amino-alcohol motifs (C(OH)–C–C–N with tert-alkyl or cyclic N) is 1. The number of aliphatic hydroxyl groups is 1.